The first-order valence-corrected chi connectivity index (χ1v) is 12.1. The Kier molecular flexibility index (Phi) is 5.32. The van der Waals surface area contributed by atoms with Crippen LogP contribution < -0.4 is 15.4 Å². The molecule has 2 unspecified atom stereocenters. The van der Waals surface area contributed by atoms with Gasteiger partial charge in [-0.1, -0.05) is 18.2 Å². The average molecular weight is 481 g/mol. The molecule has 0 aromatic heterocycles. The number of morpholine rings is 1. The van der Waals surface area contributed by atoms with Crippen LogP contribution >= 0.6 is 0 Å². The van der Waals surface area contributed by atoms with Gasteiger partial charge in [0.05, 0.1) is 31.5 Å². The van der Waals surface area contributed by atoms with Crippen molar-refractivity contribution in [1.82, 2.24) is 9.80 Å². The fraction of sp³-hybridized carbons (Fsp3) is 0.462. The van der Waals surface area contributed by atoms with Gasteiger partial charge in [-0.2, -0.15) is 0 Å². The van der Waals surface area contributed by atoms with Crippen LogP contribution in [0.5, 0.6) is 5.75 Å². The number of anilines is 2. The van der Waals surface area contributed by atoms with Crippen LogP contribution in [0, 0.1) is 11.2 Å². The van der Waals surface area contributed by atoms with E-state index in [-0.39, 0.29) is 47.6 Å². The standard InChI is InChI=1S/C26H29FN4O4/c1-34-16-6-7-17-20(12-16)28-24-21-13-35-14-22(32)31(21)15-26(23(17)24)8-10-30(11-9-26)25(33)29-19-5-3-2-4-18(19)27/h2-7,12,21,23-24,28H,8-11,13-15H2,1H3,(H,29,33)/t21-,23?,24?/m0/s1. The third kappa shape index (κ3) is 3.60. The highest BCUT2D eigenvalue weighted by molar-refractivity contribution is 5.89. The van der Waals surface area contributed by atoms with Crippen LogP contribution in [0.25, 0.3) is 0 Å². The largest absolute Gasteiger partial charge is 0.497 e. The molecule has 1 spiro atoms. The number of carbonyl (C=O) groups is 2. The number of urea groups is 1. The van der Waals surface area contributed by atoms with Gasteiger partial charge in [0, 0.05) is 42.7 Å². The van der Waals surface area contributed by atoms with Crippen LogP contribution in [0.1, 0.15) is 24.3 Å². The summed E-state index contributed by atoms with van der Waals surface area (Å²) in [5.74, 6) is 0.548. The van der Waals surface area contributed by atoms with E-state index in [1.165, 1.54) is 11.6 Å². The molecule has 4 aliphatic heterocycles. The molecule has 3 fully saturated rings. The number of halogens is 1. The van der Waals surface area contributed by atoms with Crippen LogP contribution in [0.3, 0.4) is 0 Å². The molecule has 3 saturated heterocycles. The first-order chi connectivity index (χ1) is 17.0. The number of likely N-dealkylation sites (tertiary alicyclic amines) is 1. The minimum atomic E-state index is -0.453. The molecule has 4 aliphatic rings. The lowest BCUT2D eigenvalue weighted by molar-refractivity contribution is -0.159. The summed E-state index contributed by atoms with van der Waals surface area (Å²) in [6.07, 6.45) is 1.51. The molecule has 0 saturated carbocycles. The van der Waals surface area contributed by atoms with Crippen LogP contribution in [-0.4, -0.2) is 73.8 Å². The van der Waals surface area contributed by atoms with Gasteiger partial charge < -0.3 is 29.9 Å². The fourth-order valence-electron chi connectivity index (χ4n) is 6.49. The van der Waals surface area contributed by atoms with Crippen molar-refractivity contribution < 1.29 is 23.5 Å². The maximum absolute atomic E-state index is 14.0. The topological polar surface area (TPSA) is 83.1 Å². The van der Waals surface area contributed by atoms with Gasteiger partial charge in [-0.05, 0) is 36.6 Å². The average Bonchev–Trinajstić information content (AvgIpc) is 3.27. The molecule has 0 aliphatic carbocycles. The van der Waals surface area contributed by atoms with E-state index < -0.39 is 5.82 Å². The third-order valence-electron chi connectivity index (χ3n) is 8.23. The van der Waals surface area contributed by atoms with E-state index in [2.05, 4.69) is 16.7 Å². The van der Waals surface area contributed by atoms with Gasteiger partial charge in [-0.3, -0.25) is 4.79 Å². The van der Waals surface area contributed by atoms with Crippen molar-refractivity contribution in [1.29, 1.82) is 0 Å². The van der Waals surface area contributed by atoms with E-state index >= 15 is 0 Å². The molecular formula is C26H29FN4O4. The van der Waals surface area contributed by atoms with Crippen LogP contribution in [0.4, 0.5) is 20.6 Å². The minimum absolute atomic E-state index is 0.0223. The lowest BCUT2D eigenvalue weighted by Gasteiger charge is -2.57. The Hall–Kier alpha value is -3.33. The molecule has 9 heteroatoms. The molecule has 35 heavy (non-hydrogen) atoms. The van der Waals surface area contributed by atoms with Crippen LogP contribution in [-0.2, 0) is 9.53 Å². The summed E-state index contributed by atoms with van der Waals surface area (Å²) in [7, 11) is 1.66. The second kappa shape index (κ2) is 8.41. The van der Waals surface area contributed by atoms with Crippen molar-refractivity contribution in [2.24, 2.45) is 5.41 Å². The monoisotopic (exact) mass is 480 g/mol. The second-order valence-electron chi connectivity index (χ2n) is 9.96. The number of rotatable bonds is 2. The Morgan fingerprint density at radius 1 is 1.23 bits per heavy atom. The molecule has 0 bridgehead atoms. The van der Waals surface area contributed by atoms with Gasteiger partial charge in [0.15, 0.2) is 0 Å². The number of methoxy groups -OCH3 is 1. The SMILES string of the molecule is COc1ccc2c(c1)NC1C2C2(CCN(C(=O)Nc3ccccc3F)CC2)CN2C(=O)COC[C@@H]12. The Morgan fingerprint density at radius 3 is 2.80 bits per heavy atom. The maximum Gasteiger partial charge on any atom is 0.321 e. The number of benzene rings is 2. The molecule has 2 N–H and O–H groups in total. The van der Waals surface area contributed by atoms with Gasteiger partial charge >= 0.3 is 6.03 Å². The van der Waals surface area contributed by atoms with Crippen LogP contribution in [0.2, 0.25) is 0 Å². The normalized spacial score (nSPS) is 26.5. The predicted molar refractivity (Wildman–Crippen MR) is 128 cm³/mol. The van der Waals surface area contributed by atoms with Crippen molar-refractivity contribution in [2.45, 2.75) is 30.8 Å². The van der Waals surface area contributed by atoms with Crippen molar-refractivity contribution in [2.75, 3.05) is 50.6 Å². The highest BCUT2D eigenvalue weighted by atomic mass is 19.1. The molecule has 6 rings (SSSR count). The molecule has 3 amide bonds. The molecule has 2 aromatic carbocycles. The number of amides is 3. The highest BCUT2D eigenvalue weighted by Gasteiger charge is 2.58. The zero-order valence-electron chi connectivity index (χ0n) is 19.6. The number of hydrogen-bond acceptors (Lipinski definition) is 5. The molecule has 3 atom stereocenters. The Morgan fingerprint density at radius 2 is 2.03 bits per heavy atom. The summed E-state index contributed by atoms with van der Waals surface area (Å²) in [6.45, 7) is 2.35. The first-order valence-electron chi connectivity index (χ1n) is 12.1. The zero-order chi connectivity index (χ0) is 24.2. The summed E-state index contributed by atoms with van der Waals surface area (Å²) < 4.78 is 25.1. The van der Waals surface area contributed by atoms with E-state index in [0.29, 0.717) is 26.2 Å². The Labute approximate surface area is 203 Å². The lowest BCUT2D eigenvalue weighted by Crippen LogP contribution is -2.67. The van der Waals surface area contributed by atoms with Gasteiger partial charge in [0.2, 0.25) is 5.91 Å². The molecule has 8 nitrogen and oxygen atoms in total. The summed E-state index contributed by atoms with van der Waals surface area (Å²) in [5, 5.41) is 6.39. The van der Waals surface area contributed by atoms with Gasteiger partial charge in [-0.25, -0.2) is 9.18 Å². The third-order valence-corrected chi connectivity index (χ3v) is 8.23. The highest BCUT2D eigenvalue weighted by Crippen LogP contribution is 2.57. The second-order valence-corrected chi connectivity index (χ2v) is 9.96. The summed E-state index contributed by atoms with van der Waals surface area (Å²) in [5.41, 5.74) is 2.28. The fourth-order valence-corrected chi connectivity index (χ4v) is 6.49. The quantitative estimate of drug-likeness (QED) is 0.690. The van der Waals surface area contributed by atoms with Crippen molar-refractivity contribution in [3.05, 3.63) is 53.8 Å². The van der Waals surface area contributed by atoms with E-state index in [1.54, 1.807) is 30.2 Å². The molecule has 2 aromatic rings. The maximum atomic E-state index is 14.0. The number of nitrogens with one attached hydrogen (secondary N) is 2. The number of hydrogen-bond donors (Lipinski definition) is 2. The van der Waals surface area contributed by atoms with Crippen LogP contribution in [0.15, 0.2) is 42.5 Å². The van der Waals surface area contributed by atoms with Gasteiger partial charge in [0.25, 0.3) is 0 Å². The number of ether oxygens (including phenoxy) is 2. The van der Waals surface area contributed by atoms with Gasteiger partial charge in [0.1, 0.15) is 18.2 Å². The molecule has 184 valence electrons. The number of carbonyl (C=O) groups excluding carboxylic acids is 2. The van der Waals surface area contributed by atoms with E-state index in [9.17, 15) is 14.0 Å². The summed E-state index contributed by atoms with van der Waals surface area (Å²) >= 11 is 0. The summed E-state index contributed by atoms with van der Waals surface area (Å²) in [6, 6.07) is 12.0. The first kappa shape index (κ1) is 22.2. The number of fused-ring (bicyclic) bond motifs is 6. The molecule has 4 heterocycles. The Bertz CT molecular complexity index is 1170. The Balaban J connectivity index is 1.27. The molecule has 0 radical (unpaired) electrons. The van der Waals surface area contributed by atoms with Crippen molar-refractivity contribution in [3.63, 3.8) is 0 Å². The van der Waals surface area contributed by atoms with Crippen molar-refractivity contribution in [3.8, 4) is 5.75 Å². The lowest BCUT2D eigenvalue weighted by atomic mass is 9.60. The van der Waals surface area contributed by atoms with E-state index in [4.69, 9.17) is 9.47 Å². The van der Waals surface area contributed by atoms with E-state index in [0.717, 1.165) is 24.3 Å². The number of nitrogens with zero attached hydrogens (tertiary/aromatic N) is 2. The molecular weight excluding hydrogens is 451 g/mol. The van der Waals surface area contributed by atoms with E-state index in [1.807, 2.05) is 17.0 Å². The zero-order valence-corrected chi connectivity index (χ0v) is 19.6. The smallest absolute Gasteiger partial charge is 0.321 e. The van der Waals surface area contributed by atoms with Gasteiger partial charge in [-0.15, -0.1) is 0 Å². The number of para-hydroxylation sites is 1. The summed E-state index contributed by atoms with van der Waals surface area (Å²) in [4.78, 5) is 29.5. The number of piperidine rings is 2. The predicted octanol–water partition coefficient (Wildman–Crippen LogP) is 3.27. The van der Waals surface area contributed by atoms with Crippen molar-refractivity contribution >= 4 is 23.3 Å². The minimum Gasteiger partial charge on any atom is -0.497 e.